The fourth-order valence-corrected chi connectivity index (χ4v) is 2.56. The molecule has 3 nitrogen and oxygen atoms in total. The van der Waals surface area contributed by atoms with Crippen molar-refractivity contribution in [3.05, 3.63) is 39.4 Å². The molecule has 0 amide bonds. The Bertz CT molecular complexity index is 568. The summed E-state index contributed by atoms with van der Waals surface area (Å²) in [5.74, 6) is 0.545. The topological polar surface area (TPSA) is 38.7 Å². The maximum absolute atomic E-state index is 6.19. The molecule has 5 heteroatoms. The van der Waals surface area contributed by atoms with Crippen LogP contribution in [0.3, 0.4) is 0 Å². The van der Waals surface area contributed by atoms with Crippen LogP contribution in [-0.4, -0.2) is 15.0 Å². The minimum atomic E-state index is 0.434. The van der Waals surface area contributed by atoms with Gasteiger partial charge in [-0.2, -0.15) is 0 Å². The van der Waals surface area contributed by atoms with Gasteiger partial charge in [0.25, 0.3) is 0 Å². The fourth-order valence-electron chi connectivity index (χ4n) is 1.98. The zero-order valence-corrected chi connectivity index (χ0v) is 12.7. The van der Waals surface area contributed by atoms with Crippen LogP contribution in [0.1, 0.15) is 30.3 Å². The smallest absolute Gasteiger partial charge is 0.162 e. The first-order valence-corrected chi connectivity index (χ1v) is 6.94. The first-order chi connectivity index (χ1) is 9.01. The standard InChI is InChI=1S/C14H15Cl2N3/c1-4-5-11-12(15)18-14(19-13(11)16)10-6-8(2)17-9(3)7-10/h6-7H,4-5H2,1-3H3. The Balaban J connectivity index is 2.51. The average Bonchev–Trinajstić information content (AvgIpc) is 2.32. The second-order valence-electron chi connectivity index (χ2n) is 4.50. The van der Waals surface area contributed by atoms with Gasteiger partial charge in [0.2, 0.25) is 0 Å². The third-order valence-electron chi connectivity index (χ3n) is 2.75. The first kappa shape index (κ1) is 14.2. The van der Waals surface area contributed by atoms with E-state index in [0.717, 1.165) is 35.4 Å². The van der Waals surface area contributed by atoms with Crippen LogP contribution >= 0.6 is 23.2 Å². The van der Waals surface area contributed by atoms with Gasteiger partial charge in [0, 0.05) is 22.5 Å². The van der Waals surface area contributed by atoms with E-state index in [9.17, 15) is 0 Å². The lowest BCUT2D eigenvalue weighted by Crippen LogP contribution is -1.98. The lowest BCUT2D eigenvalue weighted by molar-refractivity contribution is 0.902. The second-order valence-corrected chi connectivity index (χ2v) is 5.21. The zero-order chi connectivity index (χ0) is 14.0. The van der Waals surface area contributed by atoms with Crippen LogP contribution < -0.4 is 0 Å². The minimum Gasteiger partial charge on any atom is -0.258 e. The molecule has 0 atom stereocenters. The Hall–Kier alpha value is -1.19. The lowest BCUT2D eigenvalue weighted by atomic mass is 10.1. The van der Waals surface area contributed by atoms with E-state index < -0.39 is 0 Å². The molecule has 0 saturated carbocycles. The van der Waals surface area contributed by atoms with Crippen molar-refractivity contribution in [3.8, 4) is 11.4 Å². The maximum atomic E-state index is 6.19. The quantitative estimate of drug-likeness (QED) is 0.787. The number of hydrogen-bond acceptors (Lipinski definition) is 3. The molecule has 0 spiro atoms. The summed E-state index contributed by atoms with van der Waals surface area (Å²) in [6.45, 7) is 5.94. The van der Waals surface area contributed by atoms with Crippen LogP contribution in [0.15, 0.2) is 12.1 Å². The Morgan fingerprint density at radius 2 is 1.47 bits per heavy atom. The van der Waals surface area contributed by atoms with Crippen molar-refractivity contribution in [2.75, 3.05) is 0 Å². The Morgan fingerprint density at radius 1 is 0.947 bits per heavy atom. The van der Waals surface area contributed by atoms with Crippen molar-refractivity contribution in [2.45, 2.75) is 33.6 Å². The van der Waals surface area contributed by atoms with E-state index in [-0.39, 0.29) is 0 Å². The molecule has 2 heterocycles. The highest BCUT2D eigenvalue weighted by Gasteiger charge is 2.12. The molecule has 0 aliphatic carbocycles. The lowest BCUT2D eigenvalue weighted by Gasteiger charge is -2.08. The molecule has 100 valence electrons. The maximum Gasteiger partial charge on any atom is 0.162 e. The molecule has 2 aromatic rings. The number of aromatic nitrogens is 3. The highest BCUT2D eigenvalue weighted by Crippen LogP contribution is 2.27. The molecule has 0 N–H and O–H groups in total. The molecule has 0 radical (unpaired) electrons. The summed E-state index contributed by atoms with van der Waals surface area (Å²) in [7, 11) is 0. The van der Waals surface area contributed by atoms with Gasteiger partial charge in [-0.1, -0.05) is 36.5 Å². The molecule has 0 unspecified atom stereocenters. The molecule has 2 aromatic heterocycles. The minimum absolute atomic E-state index is 0.434. The van der Waals surface area contributed by atoms with Gasteiger partial charge in [0.05, 0.1) is 0 Å². The molecule has 19 heavy (non-hydrogen) atoms. The van der Waals surface area contributed by atoms with Crippen LogP contribution in [0.2, 0.25) is 10.3 Å². The highest BCUT2D eigenvalue weighted by molar-refractivity contribution is 6.34. The Kier molecular flexibility index (Phi) is 4.38. The summed E-state index contributed by atoms with van der Waals surface area (Å²) >= 11 is 12.4. The SMILES string of the molecule is CCCc1c(Cl)nc(-c2cc(C)nc(C)c2)nc1Cl. The normalized spacial score (nSPS) is 10.8. The van der Waals surface area contributed by atoms with E-state index in [0.29, 0.717) is 16.1 Å². The van der Waals surface area contributed by atoms with Gasteiger partial charge in [0.1, 0.15) is 10.3 Å². The van der Waals surface area contributed by atoms with Gasteiger partial charge < -0.3 is 0 Å². The number of halogens is 2. The fraction of sp³-hybridized carbons (Fsp3) is 0.357. The number of pyridine rings is 1. The van der Waals surface area contributed by atoms with Crippen LogP contribution in [-0.2, 0) is 6.42 Å². The van der Waals surface area contributed by atoms with E-state index in [4.69, 9.17) is 23.2 Å². The zero-order valence-electron chi connectivity index (χ0n) is 11.2. The van der Waals surface area contributed by atoms with Gasteiger partial charge in [-0.3, -0.25) is 4.98 Å². The summed E-state index contributed by atoms with van der Waals surface area (Å²) in [6.07, 6.45) is 1.74. The van der Waals surface area contributed by atoms with Gasteiger partial charge in [0.15, 0.2) is 5.82 Å². The van der Waals surface area contributed by atoms with Crippen molar-refractivity contribution < 1.29 is 0 Å². The average molecular weight is 296 g/mol. The number of aryl methyl sites for hydroxylation is 2. The second kappa shape index (κ2) is 5.85. The third-order valence-corrected chi connectivity index (χ3v) is 3.37. The predicted molar refractivity (Wildman–Crippen MR) is 78.8 cm³/mol. The molecule has 0 aliphatic rings. The van der Waals surface area contributed by atoms with E-state index >= 15 is 0 Å². The van der Waals surface area contributed by atoms with Crippen molar-refractivity contribution in [3.63, 3.8) is 0 Å². The van der Waals surface area contributed by atoms with E-state index in [1.54, 1.807) is 0 Å². The third kappa shape index (κ3) is 3.23. The molecule has 0 aliphatic heterocycles. The van der Waals surface area contributed by atoms with E-state index in [1.807, 2.05) is 26.0 Å². The predicted octanol–water partition coefficient (Wildman–Crippen LogP) is 4.41. The highest BCUT2D eigenvalue weighted by atomic mass is 35.5. The van der Waals surface area contributed by atoms with Gasteiger partial charge >= 0.3 is 0 Å². The molecule has 0 fully saturated rings. The van der Waals surface area contributed by atoms with Gasteiger partial charge in [-0.15, -0.1) is 0 Å². The van der Waals surface area contributed by atoms with Crippen molar-refractivity contribution in [2.24, 2.45) is 0 Å². The van der Waals surface area contributed by atoms with Gasteiger partial charge in [-0.05, 0) is 32.4 Å². The monoisotopic (exact) mass is 295 g/mol. The van der Waals surface area contributed by atoms with Crippen LogP contribution in [0.5, 0.6) is 0 Å². The Morgan fingerprint density at radius 3 is 1.95 bits per heavy atom. The van der Waals surface area contributed by atoms with Crippen molar-refractivity contribution >= 4 is 23.2 Å². The molecule has 0 saturated heterocycles. The van der Waals surface area contributed by atoms with E-state index in [2.05, 4.69) is 21.9 Å². The summed E-state index contributed by atoms with van der Waals surface area (Å²) in [6, 6.07) is 3.85. The molecule has 0 aromatic carbocycles. The first-order valence-electron chi connectivity index (χ1n) is 6.18. The summed E-state index contributed by atoms with van der Waals surface area (Å²) < 4.78 is 0. The van der Waals surface area contributed by atoms with Crippen LogP contribution in [0, 0.1) is 13.8 Å². The van der Waals surface area contributed by atoms with Crippen LogP contribution in [0.25, 0.3) is 11.4 Å². The number of rotatable bonds is 3. The molecule has 0 bridgehead atoms. The van der Waals surface area contributed by atoms with E-state index in [1.165, 1.54) is 0 Å². The summed E-state index contributed by atoms with van der Waals surface area (Å²) in [4.78, 5) is 13.0. The largest absolute Gasteiger partial charge is 0.258 e. The summed E-state index contributed by atoms with van der Waals surface area (Å²) in [5, 5.41) is 0.868. The Labute approximate surface area is 123 Å². The number of hydrogen-bond donors (Lipinski definition) is 0. The summed E-state index contributed by atoms with van der Waals surface area (Å²) in [5.41, 5.74) is 3.54. The van der Waals surface area contributed by atoms with Crippen molar-refractivity contribution in [1.82, 2.24) is 15.0 Å². The van der Waals surface area contributed by atoms with Gasteiger partial charge in [-0.25, -0.2) is 9.97 Å². The van der Waals surface area contributed by atoms with Crippen molar-refractivity contribution in [1.29, 1.82) is 0 Å². The van der Waals surface area contributed by atoms with Crippen LogP contribution in [0.4, 0.5) is 0 Å². The molecule has 2 rings (SSSR count). The number of nitrogens with zero attached hydrogens (tertiary/aromatic N) is 3. The molecular formula is C14H15Cl2N3. The molecular weight excluding hydrogens is 281 g/mol.